The molecule has 0 atom stereocenters. The van der Waals surface area contributed by atoms with Crippen molar-refractivity contribution in [3.63, 3.8) is 0 Å². The number of para-hydroxylation sites is 1. The summed E-state index contributed by atoms with van der Waals surface area (Å²) in [4.78, 5) is 10.7. The van der Waals surface area contributed by atoms with Crippen molar-refractivity contribution in [2.45, 2.75) is 33.3 Å². The summed E-state index contributed by atoms with van der Waals surface area (Å²) in [7, 11) is 0. The lowest BCUT2D eigenvalue weighted by molar-refractivity contribution is -0.385. The van der Waals surface area contributed by atoms with Crippen molar-refractivity contribution in [2.24, 2.45) is 0 Å². The summed E-state index contributed by atoms with van der Waals surface area (Å²) in [5.74, 6) is 5.96. The minimum absolute atomic E-state index is 0.0272. The second kappa shape index (κ2) is 7.27. The van der Waals surface area contributed by atoms with E-state index in [0.29, 0.717) is 18.7 Å². The van der Waals surface area contributed by atoms with Crippen molar-refractivity contribution in [2.75, 3.05) is 11.9 Å². The monoisotopic (exact) mass is 262 g/mol. The number of benzene rings is 1. The van der Waals surface area contributed by atoms with Crippen LogP contribution in [0, 0.1) is 22.0 Å². The van der Waals surface area contributed by atoms with Crippen LogP contribution >= 0.6 is 0 Å². The molecule has 0 unspecified atom stereocenters. The zero-order valence-corrected chi connectivity index (χ0v) is 11.4. The number of rotatable bonds is 6. The first kappa shape index (κ1) is 14.8. The molecule has 5 heteroatoms. The molecule has 0 amide bonds. The molecular formula is C14H18N2O3. The number of ether oxygens (including phenoxy) is 1. The van der Waals surface area contributed by atoms with Gasteiger partial charge in [0, 0.05) is 13.0 Å². The maximum Gasteiger partial charge on any atom is 0.333 e. The van der Waals surface area contributed by atoms with Crippen LogP contribution in [-0.4, -0.2) is 17.6 Å². The number of anilines is 1. The maximum atomic E-state index is 11.2. The molecule has 0 aliphatic rings. The predicted molar refractivity (Wildman–Crippen MR) is 75.4 cm³/mol. The second-order valence-corrected chi connectivity index (χ2v) is 4.18. The van der Waals surface area contributed by atoms with Crippen molar-refractivity contribution < 1.29 is 9.66 Å². The van der Waals surface area contributed by atoms with Gasteiger partial charge in [-0.25, -0.2) is 0 Å². The lowest BCUT2D eigenvalue weighted by Crippen LogP contribution is -2.09. The van der Waals surface area contributed by atoms with E-state index < -0.39 is 4.92 Å². The molecule has 0 aliphatic carbocycles. The van der Waals surface area contributed by atoms with Crippen LogP contribution in [0.15, 0.2) is 18.2 Å². The van der Waals surface area contributed by atoms with Gasteiger partial charge in [0.2, 0.25) is 0 Å². The predicted octanol–water partition coefficient (Wildman–Crippen LogP) is 3.21. The normalized spacial score (nSPS) is 9.68. The molecular weight excluding hydrogens is 244 g/mol. The van der Waals surface area contributed by atoms with E-state index in [-0.39, 0.29) is 17.5 Å². The van der Waals surface area contributed by atoms with Gasteiger partial charge in [0.15, 0.2) is 5.75 Å². The summed E-state index contributed by atoms with van der Waals surface area (Å²) in [5.41, 5.74) is 0.432. The van der Waals surface area contributed by atoms with E-state index in [1.807, 2.05) is 13.8 Å². The molecule has 19 heavy (non-hydrogen) atoms. The van der Waals surface area contributed by atoms with E-state index in [1.165, 1.54) is 0 Å². The van der Waals surface area contributed by atoms with Crippen molar-refractivity contribution in [3.05, 3.63) is 28.3 Å². The fourth-order valence-electron chi connectivity index (χ4n) is 1.59. The van der Waals surface area contributed by atoms with Gasteiger partial charge in [-0.15, -0.1) is 11.8 Å². The molecule has 0 radical (unpaired) electrons. The number of hydrogen-bond acceptors (Lipinski definition) is 4. The lowest BCUT2D eigenvalue weighted by atomic mass is 10.2. The fourth-order valence-corrected chi connectivity index (χ4v) is 1.59. The average molecular weight is 262 g/mol. The number of nitro groups is 1. The van der Waals surface area contributed by atoms with Crippen LogP contribution in [0.1, 0.15) is 27.2 Å². The molecule has 1 rings (SSSR count). The highest BCUT2D eigenvalue weighted by Gasteiger charge is 2.21. The Morgan fingerprint density at radius 3 is 2.79 bits per heavy atom. The van der Waals surface area contributed by atoms with Gasteiger partial charge in [0.1, 0.15) is 5.69 Å². The zero-order valence-electron chi connectivity index (χ0n) is 11.4. The van der Waals surface area contributed by atoms with Crippen molar-refractivity contribution >= 4 is 11.4 Å². The molecule has 1 N–H and O–H groups in total. The van der Waals surface area contributed by atoms with Crippen LogP contribution in [-0.2, 0) is 0 Å². The Labute approximate surface area is 113 Å². The topological polar surface area (TPSA) is 64.4 Å². The van der Waals surface area contributed by atoms with Crippen LogP contribution in [0.5, 0.6) is 5.75 Å². The molecule has 102 valence electrons. The van der Waals surface area contributed by atoms with Gasteiger partial charge < -0.3 is 10.1 Å². The van der Waals surface area contributed by atoms with Gasteiger partial charge in [-0.1, -0.05) is 6.07 Å². The van der Waals surface area contributed by atoms with Gasteiger partial charge in [-0.05, 0) is 32.9 Å². The van der Waals surface area contributed by atoms with Crippen molar-refractivity contribution in [1.82, 2.24) is 0 Å². The maximum absolute atomic E-state index is 11.2. The smallest absolute Gasteiger partial charge is 0.333 e. The Hall–Kier alpha value is -2.22. The summed E-state index contributed by atoms with van der Waals surface area (Å²) in [6, 6.07) is 5.01. The molecule has 0 bridgehead atoms. The van der Waals surface area contributed by atoms with Crippen LogP contribution < -0.4 is 10.1 Å². The summed E-state index contributed by atoms with van der Waals surface area (Å²) in [5, 5.41) is 14.2. The third kappa shape index (κ3) is 4.51. The van der Waals surface area contributed by atoms with Gasteiger partial charge >= 0.3 is 5.69 Å². The molecule has 0 spiro atoms. The van der Waals surface area contributed by atoms with Crippen LogP contribution in [0.25, 0.3) is 0 Å². The van der Waals surface area contributed by atoms with Crippen molar-refractivity contribution in [1.29, 1.82) is 0 Å². The molecule has 0 saturated heterocycles. The summed E-state index contributed by atoms with van der Waals surface area (Å²) in [6.07, 6.45) is 0.531. The SMILES string of the molecule is CC#CCCNc1cccc(OC(C)C)c1[N+](=O)[O-]. The first-order chi connectivity index (χ1) is 9.06. The third-order valence-electron chi connectivity index (χ3n) is 2.29. The fraction of sp³-hybridized carbons (Fsp3) is 0.429. The van der Waals surface area contributed by atoms with E-state index >= 15 is 0 Å². The third-order valence-corrected chi connectivity index (χ3v) is 2.29. The highest BCUT2D eigenvalue weighted by molar-refractivity contribution is 5.68. The minimum atomic E-state index is -0.425. The van der Waals surface area contributed by atoms with Crippen LogP contribution in [0.4, 0.5) is 11.4 Å². The quantitative estimate of drug-likeness (QED) is 0.370. The first-order valence-electron chi connectivity index (χ1n) is 6.13. The molecule has 0 aliphatic heterocycles. The van der Waals surface area contributed by atoms with E-state index in [0.717, 1.165) is 0 Å². The zero-order chi connectivity index (χ0) is 14.3. The van der Waals surface area contributed by atoms with E-state index in [4.69, 9.17) is 4.74 Å². The van der Waals surface area contributed by atoms with E-state index in [1.54, 1.807) is 25.1 Å². The van der Waals surface area contributed by atoms with Crippen LogP contribution in [0.3, 0.4) is 0 Å². The number of nitrogens with zero attached hydrogens (tertiary/aromatic N) is 1. The molecule has 0 heterocycles. The van der Waals surface area contributed by atoms with Gasteiger partial charge in [-0.2, -0.15) is 0 Å². The number of nitrogens with one attached hydrogen (secondary N) is 1. The molecule has 0 fully saturated rings. The van der Waals surface area contributed by atoms with Gasteiger partial charge in [-0.3, -0.25) is 10.1 Å². The Kier molecular flexibility index (Phi) is 5.68. The largest absolute Gasteiger partial charge is 0.484 e. The molecule has 1 aromatic rings. The summed E-state index contributed by atoms with van der Waals surface area (Å²) < 4.78 is 5.47. The van der Waals surface area contributed by atoms with Crippen LogP contribution in [0.2, 0.25) is 0 Å². The van der Waals surface area contributed by atoms with E-state index in [2.05, 4.69) is 17.2 Å². The van der Waals surface area contributed by atoms with E-state index in [9.17, 15) is 10.1 Å². The Morgan fingerprint density at radius 1 is 1.47 bits per heavy atom. The highest BCUT2D eigenvalue weighted by atomic mass is 16.6. The summed E-state index contributed by atoms with van der Waals surface area (Å²) in [6.45, 7) is 5.99. The minimum Gasteiger partial charge on any atom is -0.484 e. The van der Waals surface area contributed by atoms with Gasteiger partial charge in [0.25, 0.3) is 0 Å². The molecule has 0 aromatic heterocycles. The number of nitro benzene ring substituents is 1. The lowest BCUT2D eigenvalue weighted by Gasteiger charge is -2.12. The van der Waals surface area contributed by atoms with Crippen molar-refractivity contribution in [3.8, 4) is 17.6 Å². The first-order valence-corrected chi connectivity index (χ1v) is 6.13. The average Bonchev–Trinajstić information content (AvgIpc) is 2.33. The summed E-state index contributed by atoms with van der Waals surface area (Å²) >= 11 is 0. The number of hydrogen-bond donors (Lipinski definition) is 1. The molecule has 0 saturated carbocycles. The van der Waals surface area contributed by atoms with Gasteiger partial charge in [0.05, 0.1) is 11.0 Å². The Bertz CT molecular complexity index is 501. The standard InChI is InChI=1S/C14H18N2O3/c1-4-5-6-10-15-12-8-7-9-13(19-11(2)3)14(12)16(17)18/h7-9,11,15H,6,10H2,1-3H3. The Balaban J connectivity index is 2.95. The molecule has 5 nitrogen and oxygen atoms in total. The second-order valence-electron chi connectivity index (χ2n) is 4.18. The Morgan fingerprint density at radius 2 is 2.21 bits per heavy atom. The molecule has 1 aromatic carbocycles. The highest BCUT2D eigenvalue weighted by Crippen LogP contribution is 2.35.